The van der Waals surface area contributed by atoms with E-state index in [1.54, 1.807) is 19.1 Å². The van der Waals surface area contributed by atoms with Crippen LogP contribution in [0.1, 0.15) is 37.7 Å². The van der Waals surface area contributed by atoms with Gasteiger partial charge in [0.2, 0.25) is 11.8 Å². The third-order valence-corrected chi connectivity index (χ3v) is 6.86. The van der Waals surface area contributed by atoms with E-state index in [0.717, 1.165) is 74.6 Å². The van der Waals surface area contributed by atoms with Crippen LogP contribution in [0.3, 0.4) is 0 Å². The Morgan fingerprint density at radius 1 is 1.00 bits per heavy atom. The van der Waals surface area contributed by atoms with Gasteiger partial charge in [0.05, 0.1) is 20.8 Å². The van der Waals surface area contributed by atoms with Gasteiger partial charge in [-0.2, -0.15) is 0 Å². The van der Waals surface area contributed by atoms with Gasteiger partial charge in [-0.1, -0.05) is 0 Å². The predicted octanol–water partition coefficient (Wildman–Crippen LogP) is 4.11. The predicted molar refractivity (Wildman–Crippen MR) is 134 cm³/mol. The first-order valence-corrected chi connectivity index (χ1v) is 12.2. The van der Waals surface area contributed by atoms with Crippen LogP contribution in [0.4, 0.5) is 11.4 Å². The molecule has 2 saturated heterocycles. The van der Waals surface area contributed by atoms with Crippen LogP contribution in [-0.4, -0.2) is 57.1 Å². The molecule has 2 aromatic rings. The molecule has 0 aromatic heterocycles. The van der Waals surface area contributed by atoms with Gasteiger partial charge in [-0.25, -0.2) is 0 Å². The second-order valence-corrected chi connectivity index (χ2v) is 9.22. The van der Waals surface area contributed by atoms with Gasteiger partial charge in [0.25, 0.3) is 0 Å². The molecule has 1 N–H and O–H groups in total. The summed E-state index contributed by atoms with van der Waals surface area (Å²) in [5.41, 5.74) is 2.90. The normalized spacial score (nSPS) is 17.1. The monoisotopic (exact) mass is 465 g/mol. The van der Waals surface area contributed by atoms with Gasteiger partial charge in [-0.05, 0) is 93.1 Å². The quantitative estimate of drug-likeness (QED) is 0.603. The summed E-state index contributed by atoms with van der Waals surface area (Å²) in [6.45, 7) is 3.06. The molecule has 34 heavy (non-hydrogen) atoms. The highest BCUT2D eigenvalue weighted by molar-refractivity contribution is 5.96. The van der Waals surface area contributed by atoms with Gasteiger partial charge in [-0.15, -0.1) is 0 Å². The SMILES string of the molecule is COc1cc(CCC2CCN(CC(=O)Nc3ccc(N4CCCC4=O)cc3)CC2)cc(OC)c1. The fourth-order valence-corrected chi connectivity index (χ4v) is 4.86. The second kappa shape index (κ2) is 11.4. The third kappa shape index (κ3) is 6.29. The van der Waals surface area contributed by atoms with E-state index in [0.29, 0.717) is 18.9 Å². The fraction of sp³-hybridized carbons (Fsp3) is 0.481. The number of hydrogen-bond donors (Lipinski definition) is 1. The fourth-order valence-electron chi connectivity index (χ4n) is 4.86. The number of rotatable bonds is 9. The lowest BCUT2D eigenvalue weighted by molar-refractivity contribution is -0.118. The van der Waals surface area contributed by atoms with Crippen molar-refractivity contribution in [2.24, 2.45) is 5.92 Å². The third-order valence-electron chi connectivity index (χ3n) is 6.86. The summed E-state index contributed by atoms with van der Waals surface area (Å²) < 4.78 is 10.8. The molecule has 7 heteroatoms. The summed E-state index contributed by atoms with van der Waals surface area (Å²) in [7, 11) is 3.35. The number of nitrogens with zero attached hydrogens (tertiary/aromatic N) is 2. The summed E-state index contributed by atoms with van der Waals surface area (Å²) in [6.07, 6.45) is 5.86. The number of carbonyl (C=O) groups excluding carboxylic acids is 2. The van der Waals surface area contributed by atoms with Crippen molar-refractivity contribution >= 4 is 23.2 Å². The largest absolute Gasteiger partial charge is 0.497 e. The van der Waals surface area contributed by atoms with Crippen molar-refractivity contribution in [2.45, 2.75) is 38.5 Å². The maximum atomic E-state index is 12.5. The van der Waals surface area contributed by atoms with E-state index in [-0.39, 0.29) is 11.8 Å². The Morgan fingerprint density at radius 2 is 1.68 bits per heavy atom. The van der Waals surface area contributed by atoms with Crippen molar-refractivity contribution in [1.82, 2.24) is 4.90 Å². The second-order valence-electron chi connectivity index (χ2n) is 9.22. The number of nitrogens with one attached hydrogen (secondary N) is 1. The van der Waals surface area contributed by atoms with Crippen LogP contribution >= 0.6 is 0 Å². The van der Waals surface area contributed by atoms with E-state index in [1.807, 2.05) is 30.3 Å². The van der Waals surface area contributed by atoms with Gasteiger partial charge in [-0.3, -0.25) is 14.5 Å². The molecule has 4 rings (SSSR count). The molecule has 2 fully saturated rings. The van der Waals surface area contributed by atoms with Crippen molar-refractivity contribution in [1.29, 1.82) is 0 Å². The number of hydrogen-bond acceptors (Lipinski definition) is 5. The average molecular weight is 466 g/mol. The zero-order valence-corrected chi connectivity index (χ0v) is 20.2. The average Bonchev–Trinajstić information content (AvgIpc) is 3.29. The lowest BCUT2D eigenvalue weighted by Gasteiger charge is -2.31. The van der Waals surface area contributed by atoms with Crippen molar-refractivity contribution in [3.63, 3.8) is 0 Å². The van der Waals surface area contributed by atoms with Crippen molar-refractivity contribution < 1.29 is 19.1 Å². The van der Waals surface area contributed by atoms with Crippen LogP contribution in [0.15, 0.2) is 42.5 Å². The van der Waals surface area contributed by atoms with Crippen molar-refractivity contribution in [2.75, 3.05) is 50.6 Å². The molecule has 0 aliphatic carbocycles. The molecule has 0 bridgehead atoms. The number of likely N-dealkylation sites (tertiary alicyclic amines) is 1. The van der Waals surface area contributed by atoms with E-state index >= 15 is 0 Å². The molecule has 2 aliphatic rings. The minimum absolute atomic E-state index is 0.00641. The molecule has 0 atom stereocenters. The van der Waals surface area contributed by atoms with E-state index in [2.05, 4.69) is 22.3 Å². The van der Waals surface area contributed by atoms with Crippen LogP contribution in [0.25, 0.3) is 0 Å². The van der Waals surface area contributed by atoms with E-state index in [1.165, 1.54) is 5.56 Å². The molecular formula is C27H35N3O4. The number of anilines is 2. The highest BCUT2D eigenvalue weighted by Gasteiger charge is 2.22. The van der Waals surface area contributed by atoms with E-state index in [9.17, 15) is 9.59 Å². The summed E-state index contributed by atoms with van der Waals surface area (Å²) in [6, 6.07) is 13.6. The summed E-state index contributed by atoms with van der Waals surface area (Å²) in [5.74, 6) is 2.50. The number of aryl methyl sites for hydroxylation is 1. The maximum Gasteiger partial charge on any atom is 0.238 e. The first-order valence-electron chi connectivity index (χ1n) is 12.2. The topological polar surface area (TPSA) is 71.1 Å². The zero-order chi connectivity index (χ0) is 23.9. The molecular weight excluding hydrogens is 430 g/mol. The van der Waals surface area contributed by atoms with Crippen LogP contribution in [0.2, 0.25) is 0 Å². The standard InChI is InChI=1S/C27H35N3O4/c1-33-24-16-21(17-25(18-24)34-2)6-5-20-11-14-29(15-12-20)19-26(31)28-22-7-9-23(10-8-22)30-13-3-4-27(30)32/h7-10,16-18,20H,3-6,11-15,19H2,1-2H3,(H,28,31). The van der Waals surface area contributed by atoms with Crippen LogP contribution in [0, 0.1) is 5.92 Å². The molecule has 2 heterocycles. The number of methoxy groups -OCH3 is 2. The Kier molecular flexibility index (Phi) is 8.06. The van der Waals surface area contributed by atoms with Crippen LogP contribution in [0.5, 0.6) is 11.5 Å². The Labute approximate surface area is 202 Å². The first kappa shape index (κ1) is 24.1. The first-order chi connectivity index (χ1) is 16.5. The molecule has 2 aliphatic heterocycles. The number of ether oxygens (including phenoxy) is 2. The Morgan fingerprint density at radius 3 is 2.26 bits per heavy atom. The van der Waals surface area contributed by atoms with E-state index in [4.69, 9.17) is 9.47 Å². The zero-order valence-electron chi connectivity index (χ0n) is 20.2. The van der Waals surface area contributed by atoms with Crippen LogP contribution in [-0.2, 0) is 16.0 Å². The van der Waals surface area contributed by atoms with Crippen LogP contribution < -0.4 is 19.7 Å². The summed E-state index contributed by atoms with van der Waals surface area (Å²) in [5, 5.41) is 2.99. The summed E-state index contributed by atoms with van der Waals surface area (Å²) in [4.78, 5) is 28.5. The van der Waals surface area contributed by atoms with Crippen molar-refractivity contribution in [3.8, 4) is 11.5 Å². The number of piperidine rings is 1. The molecule has 7 nitrogen and oxygen atoms in total. The van der Waals surface area contributed by atoms with Gasteiger partial charge in [0.1, 0.15) is 11.5 Å². The molecule has 0 radical (unpaired) electrons. The molecule has 182 valence electrons. The Bertz CT molecular complexity index is 962. The number of benzene rings is 2. The molecule has 0 unspecified atom stereocenters. The molecule has 2 aromatic carbocycles. The van der Waals surface area contributed by atoms with Crippen molar-refractivity contribution in [3.05, 3.63) is 48.0 Å². The smallest absolute Gasteiger partial charge is 0.238 e. The molecule has 0 saturated carbocycles. The number of amides is 2. The van der Waals surface area contributed by atoms with Gasteiger partial charge in [0, 0.05) is 30.4 Å². The van der Waals surface area contributed by atoms with Gasteiger partial charge >= 0.3 is 0 Å². The van der Waals surface area contributed by atoms with Gasteiger partial charge in [0.15, 0.2) is 0 Å². The highest BCUT2D eigenvalue weighted by atomic mass is 16.5. The Hall–Kier alpha value is -3.06. The van der Waals surface area contributed by atoms with Gasteiger partial charge < -0.3 is 19.7 Å². The lowest BCUT2D eigenvalue weighted by Crippen LogP contribution is -2.39. The number of carbonyl (C=O) groups is 2. The minimum atomic E-state index is 0.00641. The maximum absolute atomic E-state index is 12.5. The molecule has 0 spiro atoms. The van der Waals surface area contributed by atoms with E-state index < -0.39 is 0 Å². The lowest BCUT2D eigenvalue weighted by atomic mass is 9.90. The highest BCUT2D eigenvalue weighted by Crippen LogP contribution is 2.27. The molecule has 2 amide bonds. The minimum Gasteiger partial charge on any atom is -0.497 e. The Balaban J connectivity index is 1.19. The summed E-state index contributed by atoms with van der Waals surface area (Å²) >= 11 is 0.